The molecule has 0 bridgehead atoms. The molecule has 0 saturated carbocycles. The van der Waals surface area contributed by atoms with E-state index >= 15 is 0 Å². The second kappa shape index (κ2) is 11.6. The molecule has 1 atom stereocenters. The summed E-state index contributed by atoms with van der Waals surface area (Å²) in [5, 5.41) is 6.41. The third-order valence-corrected chi connectivity index (χ3v) is 7.01. The van der Waals surface area contributed by atoms with Gasteiger partial charge in [0.2, 0.25) is 11.9 Å². The molecule has 2 aliphatic rings. The molecule has 5 rings (SSSR count). The van der Waals surface area contributed by atoms with Crippen molar-refractivity contribution in [2.45, 2.75) is 44.8 Å². The lowest BCUT2D eigenvalue weighted by atomic mass is 10.0. The predicted molar refractivity (Wildman–Crippen MR) is 140 cm³/mol. The van der Waals surface area contributed by atoms with Crippen LogP contribution < -0.4 is 10.6 Å². The van der Waals surface area contributed by atoms with E-state index in [2.05, 4.69) is 25.6 Å². The Morgan fingerprint density at radius 2 is 1.95 bits per heavy atom. The Kier molecular flexibility index (Phi) is 7.99. The van der Waals surface area contributed by atoms with Gasteiger partial charge in [0.25, 0.3) is 12.3 Å². The first-order valence-electron chi connectivity index (χ1n) is 12.6. The molecule has 204 valence electrons. The fourth-order valence-corrected chi connectivity index (χ4v) is 4.87. The van der Waals surface area contributed by atoms with Crippen LogP contribution in [0.4, 0.5) is 14.7 Å². The highest BCUT2D eigenvalue weighted by Crippen LogP contribution is 2.32. The summed E-state index contributed by atoms with van der Waals surface area (Å²) < 4.78 is 31.3. The zero-order valence-electron chi connectivity index (χ0n) is 21.2. The molecule has 2 N–H and O–H groups in total. The minimum absolute atomic E-state index is 0.185. The van der Waals surface area contributed by atoms with Gasteiger partial charge in [-0.25, -0.2) is 23.7 Å². The Morgan fingerprint density at radius 3 is 2.72 bits per heavy atom. The SMILES string of the molecule is C[C@@H](NC(=O)CN1Cc2ccc(-c3nc(NC4CCOCC4)ncc3Cl)cc2C1=O)c1cccc(C(F)F)n1. The Hall–Kier alpha value is -3.70. The molecule has 0 spiro atoms. The Labute approximate surface area is 229 Å². The average Bonchev–Trinajstić information content (AvgIpc) is 3.24. The number of hydrogen-bond donors (Lipinski definition) is 2. The van der Waals surface area contributed by atoms with E-state index in [-0.39, 0.29) is 30.7 Å². The number of anilines is 1. The number of amides is 2. The van der Waals surface area contributed by atoms with Crippen molar-refractivity contribution in [3.63, 3.8) is 0 Å². The first kappa shape index (κ1) is 26.9. The normalized spacial score (nSPS) is 16.3. The predicted octanol–water partition coefficient (Wildman–Crippen LogP) is 4.55. The van der Waals surface area contributed by atoms with Gasteiger partial charge in [-0.05, 0) is 43.5 Å². The lowest BCUT2D eigenvalue weighted by Crippen LogP contribution is -2.38. The van der Waals surface area contributed by atoms with E-state index in [1.54, 1.807) is 19.1 Å². The summed E-state index contributed by atoms with van der Waals surface area (Å²) in [7, 11) is 0. The number of hydrogen-bond acceptors (Lipinski definition) is 7. The third-order valence-electron chi connectivity index (χ3n) is 6.73. The standard InChI is InChI=1S/C27H27ClF2N6O3/c1-15(21-3-2-4-22(34-21)25(29)30)32-23(37)14-36-13-17-6-5-16(11-19(17)26(36)38)24-20(28)12-31-27(35-24)33-18-7-9-39-10-8-18/h2-6,11-12,15,18,25H,7-10,13-14H2,1H3,(H,32,37)(H,31,33,35)/t15-/m1/s1. The van der Waals surface area contributed by atoms with Gasteiger partial charge in [0.05, 0.1) is 28.6 Å². The third kappa shape index (κ3) is 6.15. The van der Waals surface area contributed by atoms with E-state index in [9.17, 15) is 18.4 Å². The van der Waals surface area contributed by atoms with Crippen molar-refractivity contribution < 1.29 is 23.1 Å². The summed E-state index contributed by atoms with van der Waals surface area (Å²) in [6.45, 7) is 3.10. The van der Waals surface area contributed by atoms with Gasteiger partial charge in [0.1, 0.15) is 12.2 Å². The Bertz CT molecular complexity index is 1390. The monoisotopic (exact) mass is 556 g/mol. The fraction of sp³-hybridized carbons (Fsp3) is 0.370. The van der Waals surface area contributed by atoms with E-state index in [1.165, 1.54) is 23.2 Å². The van der Waals surface area contributed by atoms with E-state index in [1.807, 2.05) is 12.1 Å². The van der Waals surface area contributed by atoms with E-state index in [0.717, 1.165) is 18.4 Å². The zero-order valence-corrected chi connectivity index (χ0v) is 21.9. The summed E-state index contributed by atoms with van der Waals surface area (Å²) in [6, 6.07) is 9.27. The minimum Gasteiger partial charge on any atom is -0.381 e. The number of carbonyl (C=O) groups is 2. The molecule has 1 saturated heterocycles. The number of nitrogens with zero attached hydrogens (tertiary/aromatic N) is 4. The molecule has 39 heavy (non-hydrogen) atoms. The maximum Gasteiger partial charge on any atom is 0.280 e. The van der Waals surface area contributed by atoms with Crippen LogP contribution in [0.15, 0.2) is 42.6 Å². The summed E-state index contributed by atoms with van der Waals surface area (Å²) in [5.74, 6) is -0.261. The van der Waals surface area contributed by atoms with Gasteiger partial charge < -0.3 is 20.3 Å². The minimum atomic E-state index is -2.70. The highest BCUT2D eigenvalue weighted by Gasteiger charge is 2.30. The molecular weight excluding hydrogens is 530 g/mol. The van der Waals surface area contributed by atoms with Gasteiger partial charge in [-0.15, -0.1) is 0 Å². The number of alkyl halides is 2. The second-order valence-corrected chi connectivity index (χ2v) is 9.94. The van der Waals surface area contributed by atoms with Gasteiger partial charge in [-0.2, -0.15) is 0 Å². The van der Waals surface area contributed by atoms with E-state index < -0.39 is 18.4 Å². The summed E-state index contributed by atoms with van der Waals surface area (Å²) in [6.07, 6.45) is 0.542. The smallest absolute Gasteiger partial charge is 0.280 e. The van der Waals surface area contributed by atoms with Crippen LogP contribution in [0.1, 0.15) is 59.5 Å². The number of nitrogens with one attached hydrogen (secondary N) is 2. The van der Waals surface area contributed by atoms with Crippen molar-refractivity contribution in [1.82, 2.24) is 25.2 Å². The van der Waals surface area contributed by atoms with Crippen molar-refractivity contribution in [1.29, 1.82) is 0 Å². The van der Waals surface area contributed by atoms with Gasteiger partial charge in [-0.3, -0.25) is 9.59 Å². The molecule has 0 aliphatic carbocycles. The number of ether oxygens (including phenoxy) is 1. The summed E-state index contributed by atoms with van der Waals surface area (Å²) in [5.41, 5.74) is 2.36. The van der Waals surface area contributed by atoms with Crippen molar-refractivity contribution in [3.05, 3.63) is 70.1 Å². The summed E-state index contributed by atoms with van der Waals surface area (Å²) in [4.78, 5) is 40.1. The van der Waals surface area contributed by atoms with Crippen LogP contribution in [0, 0.1) is 0 Å². The Morgan fingerprint density at radius 1 is 1.18 bits per heavy atom. The number of benzene rings is 1. The Balaban J connectivity index is 1.26. The quantitative estimate of drug-likeness (QED) is 0.419. The first-order chi connectivity index (χ1) is 18.8. The molecule has 3 aromatic rings. The van der Waals surface area contributed by atoms with Crippen LogP contribution in [0.3, 0.4) is 0 Å². The number of halogens is 3. The lowest BCUT2D eigenvalue weighted by Gasteiger charge is -2.23. The maximum atomic E-state index is 13.2. The molecule has 0 unspecified atom stereocenters. The van der Waals surface area contributed by atoms with Crippen LogP contribution >= 0.6 is 11.6 Å². The molecule has 2 aliphatic heterocycles. The second-order valence-electron chi connectivity index (χ2n) is 9.53. The lowest BCUT2D eigenvalue weighted by molar-refractivity contribution is -0.122. The van der Waals surface area contributed by atoms with Crippen molar-refractivity contribution in [2.24, 2.45) is 0 Å². The molecule has 0 radical (unpaired) electrons. The largest absolute Gasteiger partial charge is 0.381 e. The van der Waals surface area contributed by atoms with Crippen molar-refractivity contribution >= 4 is 29.4 Å². The zero-order chi connectivity index (χ0) is 27.5. The van der Waals surface area contributed by atoms with Gasteiger partial charge in [0.15, 0.2) is 0 Å². The molecule has 1 fully saturated rings. The molecular formula is C27H27ClF2N6O3. The highest BCUT2D eigenvalue weighted by atomic mass is 35.5. The number of aromatic nitrogens is 3. The number of carbonyl (C=O) groups excluding carboxylic acids is 2. The van der Waals surface area contributed by atoms with Crippen LogP contribution in [-0.4, -0.2) is 57.5 Å². The fourth-order valence-electron chi connectivity index (χ4n) is 4.67. The molecule has 1 aromatic carbocycles. The van der Waals surface area contributed by atoms with Crippen molar-refractivity contribution in [3.8, 4) is 11.3 Å². The van der Waals surface area contributed by atoms with E-state index in [0.29, 0.717) is 46.7 Å². The van der Waals surface area contributed by atoms with Crippen molar-refractivity contribution in [2.75, 3.05) is 25.1 Å². The first-order valence-corrected chi connectivity index (χ1v) is 13.0. The number of rotatable bonds is 8. The molecule has 2 amide bonds. The number of pyridine rings is 1. The van der Waals surface area contributed by atoms with Crippen LogP contribution in [0.5, 0.6) is 0 Å². The molecule has 4 heterocycles. The molecule has 12 heteroatoms. The van der Waals surface area contributed by atoms with Gasteiger partial charge in [-0.1, -0.05) is 29.8 Å². The van der Waals surface area contributed by atoms with Crippen LogP contribution in [0.25, 0.3) is 11.3 Å². The topological polar surface area (TPSA) is 109 Å². The van der Waals surface area contributed by atoms with Gasteiger partial charge in [0, 0.05) is 36.9 Å². The molecule has 2 aromatic heterocycles. The highest BCUT2D eigenvalue weighted by molar-refractivity contribution is 6.33. The average molecular weight is 557 g/mol. The van der Waals surface area contributed by atoms with Crippen LogP contribution in [0.2, 0.25) is 5.02 Å². The van der Waals surface area contributed by atoms with Gasteiger partial charge >= 0.3 is 0 Å². The molecule has 9 nitrogen and oxygen atoms in total. The number of fused-ring (bicyclic) bond motifs is 1. The van der Waals surface area contributed by atoms with Crippen LogP contribution in [-0.2, 0) is 16.1 Å². The summed E-state index contributed by atoms with van der Waals surface area (Å²) >= 11 is 6.42. The van der Waals surface area contributed by atoms with E-state index in [4.69, 9.17) is 16.3 Å². The maximum absolute atomic E-state index is 13.2.